The van der Waals surface area contributed by atoms with Crippen molar-refractivity contribution >= 4 is 11.7 Å². The Labute approximate surface area is 95.4 Å². The van der Waals surface area contributed by atoms with Crippen molar-refractivity contribution in [2.75, 3.05) is 12.3 Å². The van der Waals surface area contributed by atoms with E-state index in [2.05, 4.69) is 0 Å². The smallest absolute Gasteiger partial charge is 0.340 e. The van der Waals surface area contributed by atoms with Gasteiger partial charge in [-0.25, -0.2) is 9.18 Å². The molecule has 1 aromatic rings. The Hall–Kier alpha value is -1.58. The number of anilines is 1. The zero-order chi connectivity index (χ0) is 12.7. The van der Waals surface area contributed by atoms with Crippen LogP contribution in [0.4, 0.5) is 10.1 Å². The topological polar surface area (TPSA) is 52.3 Å². The molecule has 16 heavy (non-hydrogen) atoms. The average molecular weight is 227 g/mol. The zero-order valence-electron chi connectivity index (χ0n) is 10.1. The van der Waals surface area contributed by atoms with Crippen LogP contribution in [0.25, 0.3) is 0 Å². The molecule has 0 aliphatic heterocycles. The van der Waals surface area contributed by atoms with Gasteiger partial charge in [-0.3, -0.25) is 0 Å². The van der Waals surface area contributed by atoms with Gasteiger partial charge in [-0.2, -0.15) is 0 Å². The van der Waals surface area contributed by atoms with Gasteiger partial charge in [-0.15, -0.1) is 0 Å². The van der Waals surface area contributed by atoms with Crippen LogP contribution in [-0.4, -0.2) is 12.6 Å². The fraction of sp³-hybridized carbons (Fsp3) is 0.417. The lowest BCUT2D eigenvalue weighted by Gasteiger charge is -2.06. The van der Waals surface area contributed by atoms with Gasteiger partial charge in [0.25, 0.3) is 0 Å². The molecule has 0 bridgehead atoms. The largest absolute Gasteiger partial charge is 0.462 e. The van der Waals surface area contributed by atoms with Gasteiger partial charge in [0.1, 0.15) is 5.82 Å². The third-order valence-electron chi connectivity index (χ3n) is 1.83. The van der Waals surface area contributed by atoms with Crippen molar-refractivity contribution in [2.24, 2.45) is 0 Å². The van der Waals surface area contributed by atoms with Gasteiger partial charge in [0.15, 0.2) is 0 Å². The Morgan fingerprint density at radius 2 is 2.00 bits per heavy atom. The molecule has 4 heteroatoms. The normalized spacial score (nSPS) is 9.06. The first-order valence-electron chi connectivity index (χ1n) is 5.29. The third kappa shape index (κ3) is 3.53. The molecule has 0 amide bonds. The predicted molar refractivity (Wildman–Crippen MR) is 62.9 cm³/mol. The summed E-state index contributed by atoms with van der Waals surface area (Å²) in [5, 5.41) is 0. The van der Waals surface area contributed by atoms with Crippen LogP contribution >= 0.6 is 0 Å². The van der Waals surface area contributed by atoms with E-state index in [1.807, 2.05) is 13.8 Å². The van der Waals surface area contributed by atoms with E-state index in [9.17, 15) is 9.18 Å². The molecule has 0 saturated carbocycles. The van der Waals surface area contributed by atoms with E-state index >= 15 is 0 Å². The van der Waals surface area contributed by atoms with Crippen LogP contribution in [0.15, 0.2) is 12.1 Å². The van der Waals surface area contributed by atoms with Gasteiger partial charge in [-0.05, 0) is 31.5 Å². The average Bonchev–Trinajstić information content (AvgIpc) is 2.26. The summed E-state index contributed by atoms with van der Waals surface area (Å²) in [6, 6.07) is 2.52. The number of nitrogens with two attached hydrogens (primary N) is 1. The number of nitrogen functional groups attached to an aromatic ring is 1. The molecule has 0 radical (unpaired) electrons. The van der Waals surface area contributed by atoms with Crippen LogP contribution in [0.3, 0.4) is 0 Å². The molecule has 0 spiro atoms. The maximum Gasteiger partial charge on any atom is 0.340 e. The second-order valence-electron chi connectivity index (χ2n) is 2.91. The molecule has 0 unspecified atom stereocenters. The summed E-state index contributed by atoms with van der Waals surface area (Å²) in [5.41, 5.74) is 6.17. The number of carbonyl (C=O) groups excluding carboxylic acids is 1. The molecule has 1 aromatic carbocycles. The van der Waals surface area contributed by atoms with E-state index in [-0.39, 0.29) is 17.9 Å². The van der Waals surface area contributed by atoms with Crippen molar-refractivity contribution in [3.8, 4) is 0 Å². The van der Waals surface area contributed by atoms with Crippen molar-refractivity contribution in [3.63, 3.8) is 0 Å². The highest BCUT2D eigenvalue weighted by molar-refractivity contribution is 5.95. The molecule has 0 saturated heterocycles. The van der Waals surface area contributed by atoms with Crippen LogP contribution in [0.1, 0.15) is 36.7 Å². The summed E-state index contributed by atoms with van der Waals surface area (Å²) in [5.74, 6) is -0.941. The molecular formula is C12H18FNO2. The van der Waals surface area contributed by atoms with E-state index in [0.717, 1.165) is 6.07 Å². The maximum absolute atomic E-state index is 13.0. The lowest BCUT2D eigenvalue weighted by Crippen LogP contribution is -2.09. The van der Waals surface area contributed by atoms with Gasteiger partial charge < -0.3 is 10.5 Å². The van der Waals surface area contributed by atoms with E-state index in [1.54, 1.807) is 13.8 Å². The molecular weight excluding hydrogens is 209 g/mol. The van der Waals surface area contributed by atoms with Crippen LogP contribution in [0.2, 0.25) is 0 Å². The molecule has 0 aromatic heterocycles. The maximum atomic E-state index is 13.0. The number of rotatable bonds is 2. The number of esters is 1. The molecule has 0 aliphatic rings. The summed E-state index contributed by atoms with van der Waals surface area (Å²) < 4.78 is 17.7. The number of aryl methyl sites for hydroxylation is 1. The first-order valence-corrected chi connectivity index (χ1v) is 5.29. The minimum atomic E-state index is -0.520. The second-order valence-corrected chi connectivity index (χ2v) is 2.91. The Morgan fingerprint density at radius 1 is 1.44 bits per heavy atom. The standard InChI is InChI=1S/C10H12FNO2.C2H6/c1-3-14-10(13)7-4-6(2)8(11)5-9(7)12;1-2/h4-5H,3,12H2,1-2H3;1-2H3. The molecule has 0 fully saturated rings. The van der Waals surface area contributed by atoms with Gasteiger partial charge in [-0.1, -0.05) is 13.8 Å². The van der Waals surface area contributed by atoms with Crippen LogP contribution in [0, 0.1) is 12.7 Å². The Kier molecular flexibility index (Phi) is 6.15. The molecule has 0 atom stereocenters. The number of carbonyl (C=O) groups is 1. The summed E-state index contributed by atoms with van der Waals surface area (Å²) in [6.07, 6.45) is 0. The van der Waals surface area contributed by atoms with Crippen molar-refractivity contribution in [2.45, 2.75) is 27.7 Å². The SMILES string of the molecule is CC.CCOC(=O)c1cc(C)c(F)cc1N. The molecule has 3 nitrogen and oxygen atoms in total. The van der Waals surface area contributed by atoms with Gasteiger partial charge >= 0.3 is 5.97 Å². The van der Waals surface area contributed by atoms with Crippen molar-refractivity contribution in [1.29, 1.82) is 0 Å². The zero-order valence-corrected chi connectivity index (χ0v) is 10.1. The van der Waals surface area contributed by atoms with E-state index in [0.29, 0.717) is 5.56 Å². The van der Waals surface area contributed by atoms with Gasteiger partial charge in [0, 0.05) is 5.69 Å². The predicted octanol–water partition coefficient (Wildman–Crippen LogP) is 2.92. The summed E-state index contributed by atoms with van der Waals surface area (Å²) in [4.78, 5) is 11.3. The van der Waals surface area contributed by atoms with E-state index < -0.39 is 11.8 Å². The lowest BCUT2D eigenvalue weighted by molar-refractivity contribution is 0.0527. The molecule has 2 N–H and O–H groups in total. The summed E-state index contributed by atoms with van der Waals surface area (Å²) in [6.45, 7) is 7.54. The van der Waals surface area contributed by atoms with Gasteiger partial charge in [0.05, 0.1) is 12.2 Å². The van der Waals surface area contributed by atoms with Crippen LogP contribution < -0.4 is 5.73 Å². The highest BCUT2D eigenvalue weighted by Gasteiger charge is 2.12. The number of hydrogen-bond donors (Lipinski definition) is 1. The Balaban J connectivity index is 0.00000106. The fourth-order valence-electron chi connectivity index (χ4n) is 1.08. The summed E-state index contributed by atoms with van der Waals surface area (Å²) in [7, 11) is 0. The van der Waals surface area contributed by atoms with Crippen LogP contribution in [0.5, 0.6) is 0 Å². The number of hydrogen-bond acceptors (Lipinski definition) is 3. The molecule has 0 heterocycles. The second kappa shape index (κ2) is 6.82. The number of benzene rings is 1. The van der Waals surface area contributed by atoms with E-state index in [4.69, 9.17) is 10.5 Å². The van der Waals surface area contributed by atoms with Gasteiger partial charge in [0.2, 0.25) is 0 Å². The quantitative estimate of drug-likeness (QED) is 0.624. The van der Waals surface area contributed by atoms with E-state index in [1.165, 1.54) is 6.07 Å². The minimum absolute atomic E-state index is 0.103. The van der Waals surface area contributed by atoms with Crippen molar-refractivity contribution in [1.82, 2.24) is 0 Å². The molecule has 0 aliphatic carbocycles. The monoisotopic (exact) mass is 227 g/mol. The van der Waals surface area contributed by atoms with Crippen LogP contribution in [-0.2, 0) is 4.74 Å². The first kappa shape index (κ1) is 14.4. The highest BCUT2D eigenvalue weighted by Crippen LogP contribution is 2.18. The lowest BCUT2D eigenvalue weighted by atomic mass is 10.1. The third-order valence-corrected chi connectivity index (χ3v) is 1.83. The first-order chi connectivity index (χ1) is 7.56. The molecule has 1 rings (SSSR count). The van der Waals surface area contributed by atoms with Crippen molar-refractivity contribution < 1.29 is 13.9 Å². The highest BCUT2D eigenvalue weighted by atomic mass is 19.1. The fourth-order valence-corrected chi connectivity index (χ4v) is 1.08. The minimum Gasteiger partial charge on any atom is -0.462 e. The number of halogens is 1. The Bertz CT molecular complexity index is 364. The van der Waals surface area contributed by atoms with Crippen molar-refractivity contribution in [3.05, 3.63) is 29.1 Å². The molecule has 90 valence electrons. The Morgan fingerprint density at radius 3 is 2.50 bits per heavy atom. The number of ether oxygens (including phenoxy) is 1. The summed E-state index contributed by atoms with van der Waals surface area (Å²) >= 11 is 0.